The van der Waals surface area contributed by atoms with Crippen LogP contribution in [0.5, 0.6) is 0 Å². The van der Waals surface area contributed by atoms with Crippen molar-refractivity contribution in [3.63, 3.8) is 0 Å². The fourth-order valence-corrected chi connectivity index (χ4v) is 2.22. The fourth-order valence-electron chi connectivity index (χ4n) is 2.22. The van der Waals surface area contributed by atoms with E-state index in [0.717, 1.165) is 12.8 Å². The van der Waals surface area contributed by atoms with E-state index in [1.54, 1.807) is 0 Å². The summed E-state index contributed by atoms with van der Waals surface area (Å²) >= 11 is 1.30. The van der Waals surface area contributed by atoms with Crippen molar-refractivity contribution in [1.29, 1.82) is 0 Å². The monoisotopic (exact) mass is 416 g/mol. The van der Waals surface area contributed by atoms with E-state index in [-0.39, 0.29) is 0 Å². The molecule has 0 unspecified atom stereocenters. The number of hydrogen-bond donors (Lipinski definition) is 0. The summed E-state index contributed by atoms with van der Waals surface area (Å²) in [6.45, 7) is 4.27. The van der Waals surface area contributed by atoms with Crippen LogP contribution in [-0.2, 0) is 24.2 Å². The predicted octanol–water partition coefficient (Wildman–Crippen LogP) is 6.71. The summed E-state index contributed by atoms with van der Waals surface area (Å²) in [6.07, 6.45) is 16.2. The van der Waals surface area contributed by atoms with Gasteiger partial charge in [-0.15, -0.1) is 19.8 Å². The SMILES string of the molecule is CC1=C(C)C[C-]=C1.[C-]1=CC=CC1.[CH2]=[Zr+2].c1ccc(-c2ccccc2)cc1. The molecule has 0 bridgehead atoms. The van der Waals surface area contributed by atoms with Gasteiger partial charge in [0, 0.05) is 0 Å². The minimum absolute atomic E-state index is 1.01. The maximum atomic E-state index is 3.34. The van der Waals surface area contributed by atoms with E-state index < -0.39 is 0 Å². The van der Waals surface area contributed by atoms with Crippen molar-refractivity contribution in [3.8, 4) is 11.1 Å². The molecule has 2 aliphatic carbocycles. The Hall–Kier alpha value is -1.85. The quantitative estimate of drug-likeness (QED) is 0.452. The second-order valence-corrected chi connectivity index (χ2v) is 5.72. The number of hydrogen-bond acceptors (Lipinski definition) is 0. The summed E-state index contributed by atoms with van der Waals surface area (Å²) in [4.78, 5) is 0. The Morgan fingerprint density at radius 2 is 1.35 bits per heavy atom. The zero-order valence-corrected chi connectivity index (χ0v) is 18.2. The van der Waals surface area contributed by atoms with E-state index in [0.29, 0.717) is 0 Å². The van der Waals surface area contributed by atoms with Gasteiger partial charge in [0.1, 0.15) is 0 Å². The van der Waals surface area contributed by atoms with Crippen LogP contribution >= 0.6 is 0 Å². The van der Waals surface area contributed by atoms with E-state index in [9.17, 15) is 0 Å². The Balaban J connectivity index is 0.000000205. The minimum Gasteiger partial charge on any atom is -0.0622 e. The van der Waals surface area contributed by atoms with Gasteiger partial charge in [-0.25, -0.2) is 23.8 Å². The molecule has 0 spiro atoms. The number of allylic oxidation sites excluding steroid dienone is 8. The van der Waals surface area contributed by atoms with Gasteiger partial charge in [-0.05, 0) is 11.1 Å². The zero-order chi connectivity index (χ0) is 19.0. The predicted molar refractivity (Wildman–Crippen MR) is 111 cm³/mol. The summed E-state index contributed by atoms with van der Waals surface area (Å²) in [5, 5.41) is 0. The summed E-state index contributed by atoms with van der Waals surface area (Å²) in [7, 11) is 0. The largest absolute Gasteiger partial charge is 0.0622 e. The fraction of sp³-hybridized carbons (Fsp3) is 0.160. The Morgan fingerprint density at radius 1 is 0.808 bits per heavy atom. The molecule has 26 heavy (non-hydrogen) atoms. The Labute approximate surface area is 174 Å². The summed E-state index contributed by atoms with van der Waals surface area (Å²) in [5.41, 5.74) is 5.40. The molecule has 0 atom stereocenters. The molecule has 0 amide bonds. The molecule has 0 N–H and O–H groups in total. The second-order valence-electron chi connectivity index (χ2n) is 5.72. The molecule has 0 heterocycles. The first-order valence-electron chi connectivity index (χ1n) is 8.68. The van der Waals surface area contributed by atoms with Gasteiger partial charge in [0.15, 0.2) is 0 Å². The molecule has 0 saturated carbocycles. The van der Waals surface area contributed by atoms with Crippen molar-refractivity contribution in [2.75, 3.05) is 0 Å². The molecule has 0 nitrogen and oxygen atoms in total. The zero-order valence-electron chi connectivity index (χ0n) is 15.7. The third kappa shape index (κ3) is 9.02. The normalized spacial score (nSPS) is 13.2. The maximum absolute atomic E-state index is 3.34. The maximum Gasteiger partial charge on any atom is -0.0184 e. The average Bonchev–Trinajstić information content (AvgIpc) is 3.42. The summed E-state index contributed by atoms with van der Waals surface area (Å²) in [6, 6.07) is 20.8. The van der Waals surface area contributed by atoms with Crippen LogP contribution in [0.4, 0.5) is 0 Å². The van der Waals surface area contributed by atoms with Gasteiger partial charge in [-0.2, -0.15) is 11.6 Å². The van der Waals surface area contributed by atoms with Crippen LogP contribution in [0.1, 0.15) is 26.7 Å². The Kier molecular flexibility index (Phi) is 12.2. The second kappa shape index (κ2) is 14.3. The van der Waals surface area contributed by atoms with Gasteiger partial charge in [0.05, 0.1) is 0 Å². The molecule has 0 fully saturated rings. The standard InChI is InChI=1S/C12H10.C7H9.C5H5.CH2.Zr/c1-3-7-11(8-4-1)12-9-5-2-6-10-12;1-6-4-3-5-7(6)2;1-2-4-5-3-1;;/h1-10H;4H,5H2,1-2H3;1-3H,4H2;1H2;/q;2*-1;;+2. The molecule has 0 aromatic heterocycles. The Morgan fingerprint density at radius 3 is 1.58 bits per heavy atom. The summed E-state index contributed by atoms with van der Waals surface area (Å²) < 4.78 is 3.34. The first-order valence-corrected chi connectivity index (χ1v) is 10.4. The molecule has 2 aromatic carbocycles. The topological polar surface area (TPSA) is 0 Å². The van der Waals surface area contributed by atoms with E-state index in [4.69, 9.17) is 0 Å². The van der Waals surface area contributed by atoms with Crippen molar-refractivity contribution in [1.82, 2.24) is 0 Å². The van der Waals surface area contributed by atoms with Crippen molar-refractivity contribution in [2.24, 2.45) is 0 Å². The van der Waals surface area contributed by atoms with Crippen LogP contribution in [-0.4, -0.2) is 4.21 Å². The van der Waals surface area contributed by atoms with Crippen LogP contribution in [0.15, 0.2) is 96.1 Å². The van der Waals surface area contributed by atoms with Crippen molar-refractivity contribution >= 4 is 4.21 Å². The molecule has 2 aliphatic rings. The molecule has 0 saturated heterocycles. The van der Waals surface area contributed by atoms with E-state index >= 15 is 0 Å². The first kappa shape index (κ1) is 22.2. The van der Waals surface area contributed by atoms with Crippen molar-refractivity contribution in [3.05, 3.63) is 108 Å². The third-order valence-corrected chi connectivity index (χ3v) is 3.83. The number of benzene rings is 2. The van der Waals surface area contributed by atoms with E-state index in [1.165, 1.54) is 46.5 Å². The van der Waals surface area contributed by atoms with Gasteiger partial charge < -0.3 is 0 Å². The Bertz CT molecular complexity index is 687. The summed E-state index contributed by atoms with van der Waals surface area (Å²) in [5.74, 6) is 0. The van der Waals surface area contributed by atoms with Crippen molar-refractivity contribution < 1.29 is 24.2 Å². The smallest absolute Gasteiger partial charge is 0.0184 e. The molecule has 2 aromatic rings. The van der Waals surface area contributed by atoms with Gasteiger partial charge in [-0.3, -0.25) is 12.2 Å². The van der Waals surface area contributed by atoms with Crippen LogP contribution < -0.4 is 0 Å². The van der Waals surface area contributed by atoms with Crippen molar-refractivity contribution in [2.45, 2.75) is 26.7 Å². The molecule has 0 radical (unpaired) electrons. The molecular formula is C25H26Zr. The molecule has 4 rings (SSSR count). The van der Waals surface area contributed by atoms with Crippen LogP contribution in [0.3, 0.4) is 0 Å². The van der Waals surface area contributed by atoms with Crippen LogP contribution in [0.25, 0.3) is 11.1 Å². The molecular weight excluding hydrogens is 391 g/mol. The van der Waals surface area contributed by atoms with Crippen LogP contribution in [0, 0.1) is 12.2 Å². The van der Waals surface area contributed by atoms with E-state index in [2.05, 4.69) is 90.9 Å². The minimum atomic E-state index is 1.01. The molecule has 130 valence electrons. The third-order valence-electron chi connectivity index (χ3n) is 3.83. The van der Waals surface area contributed by atoms with Gasteiger partial charge in [-0.1, -0.05) is 67.6 Å². The molecule has 1 heteroatoms. The van der Waals surface area contributed by atoms with Gasteiger partial charge in [0.25, 0.3) is 0 Å². The average molecular weight is 418 g/mol. The first-order chi connectivity index (χ1) is 12.8. The van der Waals surface area contributed by atoms with Crippen LogP contribution in [0.2, 0.25) is 0 Å². The van der Waals surface area contributed by atoms with Gasteiger partial charge >= 0.3 is 28.4 Å². The van der Waals surface area contributed by atoms with E-state index in [1.807, 2.05) is 24.3 Å². The van der Waals surface area contributed by atoms with Gasteiger partial charge in [0.2, 0.25) is 0 Å². The number of rotatable bonds is 1. The molecule has 0 aliphatic heterocycles.